The standard InChI is InChI=1S/C9H10F2O/c1-2-6-5-7(12)3-4-8(6)9(10)11/h3-5,9,12H,2H2,1H3. The first kappa shape index (κ1) is 8.97. The maximum absolute atomic E-state index is 12.3. The molecule has 0 aromatic heterocycles. The minimum Gasteiger partial charge on any atom is -0.508 e. The minimum atomic E-state index is -2.46. The Bertz CT molecular complexity index is 271. The van der Waals surface area contributed by atoms with E-state index >= 15 is 0 Å². The van der Waals surface area contributed by atoms with Crippen molar-refractivity contribution in [2.45, 2.75) is 19.8 Å². The molecule has 1 N–H and O–H groups in total. The fraction of sp³-hybridized carbons (Fsp3) is 0.333. The molecule has 66 valence electrons. The van der Waals surface area contributed by atoms with Gasteiger partial charge in [0.05, 0.1) is 0 Å². The molecule has 0 fully saturated rings. The number of hydrogen-bond donors (Lipinski definition) is 1. The van der Waals surface area contributed by atoms with E-state index in [4.69, 9.17) is 5.11 Å². The highest BCUT2D eigenvalue weighted by atomic mass is 19.3. The van der Waals surface area contributed by atoms with Crippen molar-refractivity contribution >= 4 is 0 Å². The number of phenolic OH excluding ortho intramolecular Hbond substituents is 1. The monoisotopic (exact) mass is 172 g/mol. The highest BCUT2D eigenvalue weighted by Gasteiger charge is 2.11. The second kappa shape index (κ2) is 3.52. The third-order valence-corrected chi connectivity index (χ3v) is 1.74. The van der Waals surface area contributed by atoms with Crippen molar-refractivity contribution in [3.63, 3.8) is 0 Å². The van der Waals surface area contributed by atoms with Gasteiger partial charge in [0.1, 0.15) is 5.75 Å². The molecule has 12 heavy (non-hydrogen) atoms. The maximum atomic E-state index is 12.3. The van der Waals surface area contributed by atoms with Crippen LogP contribution in [0.3, 0.4) is 0 Å². The molecular formula is C9H10F2O. The van der Waals surface area contributed by atoms with Gasteiger partial charge in [-0.1, -0.05) is 6.92 Å². The van der Waals surface area contributed by atoms with Crippen LogP contribution in [0.15, 0.2) is 18.2 Å². The van der Waals surface area contributed by atoms with Crippen LogP contribution in [0.1, 0.15) is 24.5 Å². The fourth-order valence-corrected chi connectivity index (χ4v) is 1.11. The van der Waals surface area contributed by atoms with Crippen molar-refractivity contribution in [3.05, 3.63) is 29.3 Å². The predicted octanol–water partition coefficient (Wildman–Crippen LogP) is 2.89. The first-order chi connectivity index (χ1) is 5.65. The van der Waals surface area contributed by atoms with E-state index in [0.717, 1.165) is 0 Å². The summed E-state index contributed by atoms with van der Waals surface area (Å²) in [6.45, 7) is 1.78. The van der Waals surface area contributed by atoms with Crippen LogP contribution < -0.4 is 0 Å². The normalized spacial score (nSPS) is 10.7. The van der Waals surface area contributed by atoms with Gasteiger partial charge in [-0.3, -0.25) is 0 Å². The Labute approximate surface area is 69.7 Å². The zero-order valence-electron chi connectivity index (χ0n) is 6.72. The van der Waals surface area contributed by atoms with E-state index in [1.165, 1.54) is 18.2 Å². The lowest BCUT2D eigenvalue weighted by Gasteiger charge is -2.06. The summed E-state index contributed by atoms with van der Waals surface area (Å²) in [5, 5.41) is 9.01. The number of aryl methyl sites for hydroxylation is 1. The summed E-state index contributed by atoms with van der Waals surface area (Å²) < 4.78 is 24.5. The fourth-order valence-electron chi connectivity index (χ4n) is 1.11. The Hall–Kier alpha value is -1.12. The van der Waals surface area contributed by atoms with Gasteiger partial charge in [0, 0.05) is 5.56 Å². The number of rotatable bonds is 2. The Morgan fingerprint density at radius 2 is 2.08 bits per heavy atom. The van der Waals surface area contributed by atoms with Crippen molar-refractivity contribution in [1.82, 2.24) is 0 Å². The average Bonchev–Trinajstić information content (AvgIpc) is 2.03. The summed E-state index contributed by atoms with van der Waals surface area (Å²) >= 11 is 0. The molecule has 3 heteroatoms. The van der Waals surface area contributed by atoms with Crippen LogP contribution in [0.4, 0.5) is 8.78 Å². The van der Waals surface area contributed by atoms with E-state index in [-0.39, 0.29) is 11.3 Å². The molecule has 0 aliphatic carbocycles. The molecule has 0 heterocycles. The Morgan fingerprint density at radius 1 is 1.42 bits per heavy atom. The zero-order chi connectivity index (χ0) is 9.14. The summed E-state index contributed by atoms with van der Waals surface area (Å²) in [4.78, 5) is 0. The average molecular weight is 172 g/mol. The zero-order valence-corrected chi connectivity index (χ0v) is 6.72. The smallest absolute Gasteiger partial charge is 0.264 e. The molecule has 0 amide bonds. The minimum absolute atomic E-state index is 0.00954. The van der Waals surface area contributed by atoms with Gasteiger partial charge in [0.2, 0.25) is 0 Å². The van der Waals surface area contributed by atoms with E-state index in [1.54, 1.807) is 6.92 Å². The van der Waals surface area contributed by atoms with Gasteiger partial charge in [-0.15, -0.1) is 0 Å². The third kappa shape index (κ3) is 1.72. The molecule has 1 aromatic carbocycles. The number of benzene rings is 1. The second-order valence-corrected chi connectivity index (χ2v) is 2.54. The van der Waals surface area contributed by atoms with Crippen molar-refractivity contribution in [3.8, 4) is 5.75 Å². The first-order valence-corrected chi connectivity index (χ1v) is 3.75. The molecule has 0 unspecified atom stereocenters. The molecule has 0 aliphatic heterocycles. The second-order valence-electron chi connectivity index (χ2n) is 2.54. The summed E-state index contributed by atoms with van der Waals surface area (Å²) in [7, 11) is 0. The SMILES string of the molecule is CCc1cc(O)ccc1C(F)F. The molecule has 0 aliphatic rings. The van der Waals surface area contributed by atoms with Crippen LogP contribution in [0.2, 0.25) is 0 Å². The molecule has 0 atom stereocenters. The van der Waals surface area contributed by atoms with Crippen molar-refractivity contribution in [1.29, 1.82) is 0 Å². The molecule has 0 saturated carbocycles. The number of hydrogen-bond acceptors (Lipinski definition) is 1. The summed E-state index contributed by atoms with van der Waals surface area (Å²) in [6, 6.07) is 3.92. The lowest BCUT2D eigenvalue weighted by atomic mass is 10.1. The van der Waals surface area contributed by atoms with Crippen LogP contribution in [0, 0.1) is 0 Å². The van der Waals surface area contributed by atoms with Crippen LogP contribution in [0.5, 0.6) is 5.75 Å². The number of halogens is 2. The summed E-state index contributed by atoms with van der Waals surface area (Å²) in [5.74, 6) is 0.0382. The van der Waals surface area contributed by atoms with Crippen molar-refractivity contribution < 1.29 is 13.9 Å². The van der Waals surface area contributed by atoms with Crippen molar-refractivity contribution in [2.24, 2.45) is 0 Å². The van der Waals surface area contributed by atoms with Crippen LogP contribution in [-0.2, 0) is 6.42 Å². The van der Waals surface area contributed by atoms with Gasteiger partial charge in [-0.25, -0.2) is 8.78 Å². The molecule has 0 spiro atoms. The quantitative estimate of drug-likeness (QED) is 0.727. The first-order valence-electron chi connectivity index (χ1n) is 3.75. The van der Waals surface area contributed by atoms with Crippen molar-refractivity contribution in [2.75, 3.05) is 0 Å². The van der Waals surface area contributed by atoms with E-state index in [0.29, 0.717) is 12.0 Å². The largest absolute Gasteiger partial charge is 0.508 e. The highest BCUT2D eigenvalue weighted by molar-refractivity contribution is 5.35. The van der Waals surface area contributed by atoms with Gasteiger partial charge < -0.3 is 5.11 Å². The highest BCUT2D eigenvalue weighted by Crippen LogP contribution is 2.26. The maximum Gasteiger partial charge on any atom is 0.264 e. The molecule has 1 nitrogen and oxygen atoms in total. The van der Waals surface area contributed by atoms with Crippen LogP contribution in [0.25, 0.3) is 0 Å². The molecule has 0 saturated heterocycles. The summed E-state index contributed by atoms with van der Waals surface area (Å²) in [5.41, 5.74) is 0.514. The third-order valence-electron chi connectivity index (χ3n) is 1.74. The van der Waals surface area contributed by atoms with Gasteiger partial charge in [0.15, 0.2) is 0 Å². The van der Waals surface area contributed by atoms with Gasteiger partial charge in [0.25, 0.3) is 6.43 Å². The van der Waals surface area contributed by atoms with E-state index < -0.39 is 6.43 Å². The molecule has 0 bridgehead atoms. The van der Waals surface area contributed by atoms with Crippen LogP contribution >= 0.6 is 0 Å². The lowest BCUT2D eigenvalue weighted by molar-refractivity contribution is 0.150. The van der Waals surface area contributed by atoms with Gasteiger partial charge >= 0.3 is 0 Å². The van der Waals surface area contributed by atoms with Crippen LogP contribution in [-0.4, -0.2) is 5.11 Å². The number of phenols is 1. The molecule has 0 radical (unpaired) electrons. The van der Waals surface area contributed by atoms with E-state index in [1.807, 2.05) is 0 Å². The number of aromatic hydroxyl groups is 1. The topological polar surface area (TPSA) is 20.2 Å². The Kier molecular flexibility index (Phi) is 2.63. The van der Waals surface area contributed by atoms with E-state index in [2.05, 4.69) is 0 Å². The Balaban J connectivity index is 3.11. The van der Waals surface area contributed by atoms with Gasteiger partial charge in [-0.2, -0.15) is 0 Å². The van der Waals surface area contributed by atoms with E-state index in [9.17, 15) is 8.78 Å². The molecular weight excluding hydrogens is 162 g/mol. The predicted molar refractivity (Wildman–Crippen MR) is 42.4 cm³/mol. The molecule has 1 rings (SSSR count). The van der Waals surface area contributed by atoms with Gasteiger partial charge in [-0.05, 0) is 30.2 Å². The summed E-state index contributed by atoms with van der Waals surface area (Å²) in [6.07, 6.45) is -1.95. The number of alkyl halides is 2. The Morgan fingerprint density at radius 3 is 2.58 bits per heavy atom. The lowest BCUT2D eigenvalue weighted by Crippen LogP contribution is -1.92. The molecule has 1 aromatic rings.